The van der Waals surface area contributed by atoms with E-state index in [1.807, 2.05) is 13.0 Å². The average Bonchev–Trinajstić information content (AvgIpc) is 3.47. The third-order valence-electron chi connectivity index (χ3n) is 5.51. The Balaban J connectivity index is 1.52. The zero-order chi connectivity index (χ0) is 26.2. The maximum absolute atomic E-state index is 12.7. The molecule has 4 aromatic heterocycles. The second-order valence-corrected chi connectivity index (χ2v) is 9.65. The van der Waals surface area contributed by atoms with Crippen molar-refractivity contribution in [2.45, 2.75) is 11.8 Å². The Hall–Kier alpha value is -4.72. The summed E-state index contributed by atoms with van der Waals surface area (Å²) in [6.45, 7) is 1.88. The second-order valence-electron chi connectivity index (χ2n) is 7.96. The summed E-state index contributed by atoms with van der Waals surface area (Å²) < 4.78 is 42.0. The molecule has 0 fully saturated rings. The predicted octanol–water partition coefficient (Wildman–Crippen LogP) is 2.81. The first-order valence-corrected chi connectivity index (χ1v) is 12.4. The van der Waals surface area contributed by atoms with Crippen LogP contribution in [0.5, 0.6) is 11.6 Å². The molecule has 0 aliphatic heterocycles. The van der Waals surface area contributed by atoms with E-state index in [1.165, 1.54) is 37.5 Å². The third-order valence-corrected chi connectivity index (χ3v) is 6.84. The molecule has 0 amide bonds. The van der Waals surface area contributed by atoms with Crippen LogP contribution in [0.25, 0.3) is 16.6 Å². The molecule has 0 aliphatic carbocycles. The Bertz CT molecular complexity index is 1710. The zero-order valence-electron chi connectivity index (χ0n) is 20.4. The number of methoxy groups -OCH3 is 2. The molecule has 190 valence electrons. The van der Waals surface area contributed by atoms with E-state index in [9.17, 15) is 8.42 Å². The van der Waals surface area contributed by atoms with Crippen LogP contribution in [0.15, 0.2) is 60.1 Å². The van der Waals surface area contributed by atoms with Gasteiger partial charge in [-0.25, -0.2) is 28.1 Å². The minimum absolute atomic E-state index is 0.0546. The van der Waals surface area contributed by atoms with Crippen LogP contribution in [0.4, 0.5) is 17.3 Å². The van der Waals surface area contributed by atoms with Gasteiger partial charge in [-0.15, -0.1) is 0 Å². The lowest BCUT2D eigenvalue weighted by Gasteiger charge is -2.13. The van der Waals surface area contributed by atoms with Crippen molar-refractivity contribution in [3.8, 4) is 17.3 Å². The molecule has 1 aromatic carbocycles. The number of sulfonamides is 1. The molecule has 0 atom stereocenters. The molecule has 2 N–H and O–H groups in total. The Kier molecular flexibility index (Phi) is 6.09. The van der Waals surface area contributed by atoms with Gasteiger partial charge in [-0.2, -0.15) is 10.2 Å². The van der Waals surface area contributed by atoms with Gasteiger partial charge in [0.2, 0.25) is 0 Å². The van der Waals surface area contributed by atoms with E-state index in [2.05, 4.69) is 35.2 Å². The van der Waals surface area contributed by atoms with Crippen molar-refractivity contribution in [3.05, 3.63) is 60.9 Å². The highest BCUT2D eigenvalue weighted by Crippen LogP contribution is 2.32. The third kappa shape index (κ3) is 4.61. The summed E-state index contributed by atoms with van der Waals surface area (Å²) in [5, 5.41) is 12.5. The summed E-state index contributed by atoms with van der Waals surface area (Å²) in [4.78, 5) is 12.9. The molecule has 0 radical (unpaired) electrons. The summed E-state index contributed by atoms with van der Waals surface area (Å²) in [5.41, 5.74) is 2.45. The second kappa shape index (κ2) is 9.39. The Morgan fingerprint density at radius 2 is 1.81 bits per heavy atom. The Morgan fingerprint density at radius 1 is 1.00 bits per heavy atom. The van der Waals surface area contributed by atoms with Crippen molar-refractivity contribution in [3.63, 3.8) is 0 Å². The van der Waals surface area contributed by atoms with Gasteiger partial charge in [-0.1, -0.05) is 0 Å². The summed E-state index contributed by atoms with van der Waals surface area (Å²) in [7, 11) is 0.847. The quantitative estimate of drug-likeness (QED) is 0.312. The van der Waals surface area contributed by atoms with Crippen LogP contribution in [0.2, 0.25) is 0 Å². The van der Waals surface area contributed by atoms with Crippen molar-refractivity contribution in [1.29, 1.82) is 0 Å². The number of aromatic nitrogens is 7. The number of pyridine rings is 1. The van der Waals surface area contributed by atoms with Crippen LogP contribution in [0.1, 0.15) is 5.69 Å². The number of anilines is 3. The molecule has 37 heavy (non-hydrogen) atoms. The van der Waals surface area contributed by atoms with Gasteiger partial charge in [0, 0.05) is 49.4 Å². The number of nitrogens with one attached hydrogen (secondary N) is 2. The van der Waals surface area contributed by atoms with Crippen molar-refractivity contribution in [1.82, 2.24) is 34.5 Å². The number of fused-ring (bicyclic) bond motifs is 1. The monoisotopic (exact) mass is 521 g/mol. The number of aryl methyl sites for hydroxylation is 2. The van der Waals surface area contributed by atoms with Gasteiger partial charge in [0.15, 0.2) is 5.82 Å². The molecule has 0 spiro atoms. The minimum atomic E-state index is -3.82. The fourth-order valence-corrected chi connectivity index (χ4v) is 4.79. The van der Waals surface area contributed by atoms with E-state index in [4.69, 9.17) is 9.47 Å². The molecule has 4 heterocycles. The number of rotatable bonds is 8. The fourth-order valence-electron chi connectivity index (χ4n) is 3.76. The number of benzene rings is 1. The van der Waals surface area contributed by atoms with Gasteiger partial charge >= 0.3 is 0 Å². The summed E-state index contributed by atoms with van der Waals surface area (Å²) >= 11 is 0. The van der Waals surface area contributed by atoms with Gasteiger partial charge in [0.1, 0.15) is 22.2 Å². The number of ether oxygens (including phenoxy) is 2. The van der Waals surface area contributed by atoms with Crippen LogP contribution in [0.3, 0.4) is 0 Å². The van der Waals surface area contributed by atoms with E-state index in [-0.39, 0.29) is 4.90 Å². The zero-order valence-corrected chi connectivity index (χ0v) is 21.2. The van der Waals surface area contributed by atoms with Crippen LogP contribution < -0.4 is 19.5 Å². The van der Waals surface area contributed by atoms with Gasteiger partial charge < -0.3 is 14.8 Å². The first-order valence-electron chi connectivity index (χ1n) is 11.0. The topological polar surface area (TPSA) is 151 Å². The van der Waals surface area contributed by atoms with Crippen LogP contribution in [-0.2, 0) is 17.1 Å². The van der Waals surface area contributed by atoms with E-state index in [0.29, 0.717) is 34.6 Å². The summed E-state index contributed by atoms with van der Waals surface area (Å²) in [6.07, 6.45) is 7.49. The first-order chi connectivity index (χ1) is 17.8. The number of hydrogen-bond donors (Lipinski definition) is 2. The van der Waals surface area contributed by atoms with Crippen molar-refractivity contribution < 1.29 is 17.9 Å². The van der Waals surface area contributed by atoms with Crippen molar-refractivity contribution in [2.75, 3.05) is 24.3 Å². The molecule has 14 heteroatoms. The van der Waals surface area contributed by atoms with Crippen LogP contribution in [-0.4, -0.2) is 57.2 Å². The highest BCUT2D eigenvalue weighted by Gasteiger charge is 2.19. The van der Waals surface area contributed by atoms with Gasteiger partial charge in [0.05, 0.1) is 37.3 Å². The first kappa shape index (κ1) is 24.0. The number of nitrogens with zero attached hydrogens (tertiary/aromatic N) is 7. The number of hydrogen-bond acceptors (Lipinski definition) is 10. The Labute approximate surface area is 212 Å². The molecular weight excluding hydrogens is 498 g/mol. The van der Waals surface area contributed by atoms with Crippen molar-refractivity contribution in [2.24, 2.45) is 7.05 Å². The lowest BCUT2D eigenvalue weighted by atomic mass is 10.2. The molecule has 0 aliphatic rings. The van der Waals surface area contributed by atoms with Crippen molar-refractivity contribution >= 4 is 38.2 Å². The average molecular weight is 522 g/mol. The van der Waals surface area contributed by atoms with E-state index in [1.54, 1.807) is 42.3 Å². The molecular formula is C23H23N9O4S. The van der Waals surface area contributed by atoms with E-state index in [0.717, 1.165) is 16.6 Å². The predicted molar refractivity (Wildman–Crippen MR) is 136 cm³/mol. The lowest BCUT2D eigenvalue weighted by Crippen LogP contribution is -2.12. The van der Waals surface area contributed by atoms with Gasteiger partial charge in [-0.3, -0.25) is 9.40 Å². The summed E-state index contributed by atoms with van der Waals surface area (Å²) in [5.74, 6) is 1.67. The highest BCUT2D eigenvalue weighted by molar-refractivity contribution is 7.92. The molecule has 0 bridgehead atoms. The van der Waals surface area contributed by atoms with Gasteiger partial charge in [0.25, 0.3) is 15.9 Å². The van der Waals surface area contributed by atoms with Crippen LogP contribution >= 0.6 is 0 Å². The molecule has 13 nitrogen and oxygen atoms in total. The smallest absolute Gasteiger partial charge is 0.265 e. The standard InChI is InChI=1S/C23H23N9O4S/c1-14-17-12-26-21(28-22-23(36-4)25-8-7-24-22)10-19(17)32(29-14)18-6-5-15(9-20(18)35-3)30-37(33,34)16-11-27-31(2)13-16/h5-13,30H,1-4H3,(H,24,26,28). The Morgan fingerprint density at radius 3 is 2.54 bits per heavy atom. The molecule has 0 saturated carbocycles. The molecule has 5 aromatic rings. The summed E-state index contributed by atoms with van der Waals surface area (Å²) in [6, 6.07) is 6.78. The van der Waals surface area contributed by atoms with Gasteiger partial charge in [-0.05, 0) is 19.1 Å². The maximum atomic E-state index is 12.7. The van der Waals surface area contributed by atoms with Crippen LogP contribution in [0, 0.1) is 6.92 Å². The van der Waals surface area contributed by atoms with E-state index < -0.39 is 10.0 Å². The molecule has 5 rings (SSSR count). The van der Waals surface area contributed by atoms with E-state index >= 15 is 0 Å². The maximum Gasteiger partial charge on any atom is 0.265 e. The SMILES string of the molecule is COc1cc(NS(=O)(=O)c2cnn(C)c2)ccc1-n1nc(C)c2cnc(Nc3nccnc3OC)cc21. The molecule has 0 unspecified atom stereocenters. The fraction of sp³-hybridized carbons (Fsp3) is 0.174. The minimum Gasteiger partial charge on any atom is -0.494 e. The lowest BCUT2D eigenvalue weighted by molar-refractivity contribution is 0.398. The molecule has 0 saturated heterocycles. The normalized spacial score (nSPS) is 11.5. The largest absolute Gasteiger partial charge is 0.494 e. The highest BCUT2D eigenvalue weighted by atomic mass is 32.2.